The van der Waals surface area contributed by atoms with Crippen molar-refractivity contribution in [3.63, 3.8) is 0 Å². The molecule has 0 saturated carbocycles. The van der Waals surface area contributed by atoms with Crippen LogP contribution >= 0.6 is 11.8 Å². The highest BCUT2D eigenvalue weighted by Gasteiger charge is 2.31. The molecule has 0 radical (unpaired) electrons. The first-order chi connectivity index (χ1) is 13.8. The largest absolute Gasteiger partial charge is 0.357 e. The Morgan fingerprint density at radius 2 is 2.00 bits per heavy atom. The molecule has 0 aliphatic carbocycles. The fourth-order valence-electron chi connectivity index (χ4n) is 3.74. The minimum atomic E-state index is 0.452. The molecule has 2 atom stereocenters. The predicted molar refractivity (Wildman–Crippen MR) is 124 cm³/mol. The summed E-state index contributed by atoms with van der Waals surface area (Å²) in [6.07, 6.45) is 3.94. The number of nitrogens with zero attached hydrogens (tertiary/aromatic N) is 5. The molecule has 166 valence electrons. The number of likely N-dealkylation sites (tertiary alicyclic amines) is 1. The van der Waals surface area contributed by atoms with E-state index in [1.807, 2.05) is 0 Å². The van der Waals surface area contributed by atoms with E-state index in [0.717, 1.165) is 62.5 Å². The molecule has 0 bridgehead atoms. The van der Waals surface area contributed by atoms with Crippen LogP contribution in [-0.2, 0) is 13.0 Å². The fraction of sp³-hybridized carbons (Fsp3) is 0.857. The minimum absolute atomic E-state index is 0.452. The Hall–Kier alpha value is -1.28. The lowest BCUT2D eigenvalue weighted by Gasteiger charge is -2.22. The van der Waals surface area contributed by atoms with Crippen molar-refractivity contribution in [3.8, 4) is 0 Å². The van der Waals surface area contributed by atoms with Crippen LogP contribution in [0.4, 0.5) is 0 Å². The number of nitrogens with one attached hydrogen (secondary N) is 2. The number of aromatic nitrogens is 3. The monoisotopic (exact) mass is 423 g/mol. The van der Waals surface area contributed by atoms with E-state index >= 15 is 0 Å². The second-order valence-corrected chi connectivity index (χ2v) is 9.52. The van der Waals surface area contributed by atoms with E-state index in [1.54, 1.807) is 11.8 Å². The van der Waals surface area contributed by atoms with Crippen molar-refractivity contribution in [1.29, 1.82) is 0 Å². The summed E-state index contributed by atoms with van der Waals surface area (Å²) in [7, 11) is 0. The number of rotatable bonds is 10. The molecular weight excluding hydrogens is 382 g/mol. The van der Waals surface area contributed by atoms with Gasteiger partial charge in [0.15, 0.2) is 11.1 Å². The maximum Gasteiger partial charge on any atom is 0.191 e. The maximum atomic E-state index is 4.83. The van der Waals surface area contributed by atoms with Gasteiger partial charge in [-0.2, -0.15) is 0 Å². The Morgan fingerprint density at radius 3 is 2.59 bits per heavy atom. The third kappa shape index (κ3) is 7.17. The van der Waals surface area contributed by atoms with Gasteiger partial charge in [-0.05, 0) is 45.3 Å². The zero-order valence-corrected chi connectivity index (χ0v) is 20.2. The molecule has 7 nitrogen and oxygen atoms in total. The Morgan fingerprint density at radius 1 is 1.24 bits per heavy atom. The van der Waals surface area contributed by atoms with E-state index in [9.17, 15) is 0 Å². The van der Waals surface area contributed by atoms with Crippen LogP contribution in [0.25, 0.3) is 0 Å². The lowest BCUT2D eigenvalue weighted by Crippen LogP contribution is -2.46. The zero-order chi connectivity index (χ0) is 21.4. The van der Waals surface area contributed by atoms with Gasteiger partial charge in [0, 0.05) is 51.2 Å². The molecule has 0 amide bonds. The number of hydrogen-bond donors (Lipinski definition) is 2. The third-order valence-corrected chi connectivity index (χ3v) is 6.06. The molecule has 1 fully saturated rings. The SMILES string of the molecule is CCNC(=NCCCc1nnc(SC)n1CC(C)C)NC1CN(C(C)C)CC1C. The quantitative estimate of drug-likeness (QED) is 0.261. The highest BCUT2D eigenvalue weighted by Crippen LogP contribution is 2.19. The van der Waals surface area contributed by atoms with E-state index < -0.39 is 0 Å². The van der Waals surface area contributed by atoms with Crippen molar-refractivity contribution >= 4 is 17.7 Å². The third-order valence-electron chi connectivity index (χ3n) is 5.39. The topological polar surface area (TPSA) is 70.4 Å². The summed E-state index contributed by atoms with van der Waals surface area (Å²) in [5.41, 5.74) is 0. The molecule has 2 rings (SSSR count). The number of thioether (sulfide) groups is 1. The molecular formula is C21H41N7S. The van der Waals surface area contributed by atoms with Crippen LogP contribution in [0.3, 0.4) is 0 Å². The van der Waals surface area contributed by atoms with Crippen molar-refractivity contribution in [1.82, 2.24) is 30.3 Å². The first kappa shape index (κ1) is 24.0. The van der Waals surface area contributed by atoms with Crippen LogP contribution in [0.2, 0.25) is 0 Å². The van der Waals surface area contributed by atoms with E-state index in [1.165, 1.54) is 0 Å². The first-order valence-electron chi connectivity index (χ1n) is 11.1. The van der Waals surface area contributed by atoms with Gasteiger partial charge in [-0.15, -0.1) is 10.2 Å². The molecule has 0 aromatic carbocycles. The van der Waals surface area contributed by atoms with Gasteiger partial charge in [-0.1, -0.05) is 32.5 Å². The molecule has 8 heteroatoms. The summed E-state index contributed by atoms with van der Waals surface area (Å²) in [6.45, 7) is 18.3. The normalized spacial score (nSPS) is 20.8. The molecule has 1 saturated heterocycles. The van der Waals surface area contributed by atoms with Gasteiger partial charge < -0.3 is 15.2 Å². The summed E-state index contributed by atoms with van der Waals surface area (Å²) in [5.74, 6) is 3.22. The van der Waals surface area contributed by atoms with Gasteiger partial charge in [-0.3, -0.25) is 9.89 Å². The standard InChI is InChI=1S/C21H41N7S/c1-8-22-20(24-18-14-27(16(4)5)13-17(18)6)23-11-9-10-19-25-26-21(29-7)28(19)12-15(2)3/h15-18H,8-14H2,1-7H3,(H2,22,23,24). The highest BCUT2D eigenvalue weighted by molar-refractivity contribution is 7.98. The van der Waals surface area contributed by atoms with E-state index in [0.29, 0.717) is 23.9 Å². The van der Waals surface area contributed by atoms with Crippen molar-refractivity contribution in [2.75, 3.05) is 32.4 Å². The van der Waals surface area contributed by atoms with Gasteiger partial charge in [0.05, 0.1) is 0 Å². The van der Waals surface area contributed by atoms with Crippen LogP contribution in [-0.4, -0.2) is 70.1 Å². The predicted octanol–water partition coefficient (Wildman–Crippen LogP) is 2.87. The Bertz CT molecular complexity index is 641. The van der Waals surface area contributed by atoms with Crippen LogP contribution in [0.15, 0.2) is 10.1 Å². The summed E-state index contributed by atoms with van der Waals surface area (Å²) < 4.78 is 2.27. The van der Waals surface area contributed by atoms with E-state index in [-0.39, 0.29) is 0 Å². The Balaban J connectivity index is 1.90. The zero-order valence-electron chi connectivity index (χ0n) is 19.4. The summed E-state index contributed by atoms with van der Waals surface area (Å²) >= 11 is 1.67. The summed E-state index contributed by atoms with van der Waals surface area (Å²) in [4.78, 5) is 7.37. The van der Waals surface area contributed by atoms with Crippen LogP contribution in [0.1, 0.15) is 53.8 Å². The Kier molecular flexibility index (Phi) is 9.75. The minimum Gasteiger partial charge on any atom is -0.357 e. The maximum absolute atomic E-state index is 4.83. The molecule has 1 aromatic heterocycles. The number of aliphatic imine (C=N–C) groups is 1. The number of aryl methyl sites for hydroxylation is 1. The smallest absolute Gasteiger partial charge is 0.191 e. The van der Waals surface area contributed by atoms with Crippen molar-refractivity contribution in [2.24, 2.45) is 16.8 Å². The summed E-state index contributed by atoms with van der Waals surface area (Å²) in [5, 5.41) is 16.8. The van der Waals surface area contributed by atoms with Crippen LogP contribution in [0, 0.1) is 11.8 Å². The van der Waals surface area contributed by atoms with Gasteiger partial charge in [0.2, 0.25) is 0 Å². The molecule has 1 aliphatic heterocycles. The first-order valence-corrected chi connectivity index (χ1v) is 12.3. The molecule has 1 aromatic rings. The van der Waals surface area contributed by atoms with E-state index in [2.05, 4.69) is 78.1 Å². The number of guanidine groups is 1. The summed E-state index contributed by atoms with van der Waals surface area (Å²) in [6, 6.07) is 1.05. The van der Waals surface area contributed by atoms with Crippen LogP contribution in [0.5, 0.6) is 0 Å². The molecule has 0 spiro atoms. The number of hydrogen-bond acceptors (Lipinski definition) is 5. The average Bonchev–Trinajstić information content (AvgIpc) is 3.22. The Labute approximate surface area is 181 Å². The second-order valence-electron chi connectivity index (χ2n) is 8.75. The molecule has 2 N–H and O–H groups in total. The van der Waals surface area contributed by atoms with Crippen LogP contribution < -0.4 is 10.6 Å². The van der Waals surface area contributed by atoms with E-state index in [4.69, 9.17) is 4.99 Å². The molecule has 29 heavy (non-hydrogen) atoms. The lowest BCUT2D eigenvalue weighted by molar-refractivity contribution is 0.265. The lowest BCUT2D eigenvalue weighted by atomic mass is 10.1. The van der Waals surface area contributed by atoms with Gasteiger partial charge >= 0.3 is 0 Å². The van der Waals surface area contributed by atoms with Gasteiger partial charge in [-0.25, -0.2) is 0 Å². The molecule has 2 unspecified atom stereocenters. The van der Waals surface area contributed by atoms with Crippen molar-refractivity contribution in [3.05, 3.63) is 5.82 Å². The second kappa shape index (κ2) is 11.8. The van der Waals surface area contributed by atoms with Crippen molar-refractivity contribution in [2.45, 2.75) is 78.2 Å². The average molecular weight is 424 g/mol. The van der Waals surface area contributed by atoms with Gasteiger partial charge in [0.1, 0.15) is 5.82 Å². The molecule has 1 aliphatic rings. The van der Waals surface area contributed by atoms with Crippen molar-refractivity contribution < 1.29 is 0 Å². The highest BCUT2D eigenvalue weighted by atomic mass is 32.2. The molecule has 2 heterocycles. The van der Waals surface area contributed by atoms with Gasteiger partial charge in [0.25, 0.3) is 0 Å². The fourth-order valence-corrected chi connectivity index (χ4v) is 4.26.